The van der Waals surface area contributed by atoms with E-state index < -0.39 is 9.84 Å². The van der Waals surface area contributed by atoms with Crippen molar-refractivity contribution in [1.82, 2.24) is 5.32 Å². The van der Waals surface area contributed by atoms with Gasteiger partial charge in [0.2, 0.25) is 0 Å². The van der Waals surface area contributed by atoms with E-state index in [-0.39, 0.29) is 5.25 Å². The Morgan fingerprint density at radius 2 is 2.38 bits per heavy atom. The van der Waals surface area contributed by atoms with E-state index in [1.807, 2.05) is 0 Å². The van der Waals surface area contributed by atoms with Gasteiger partial charge in [-0.1, -0.05) is 0 Å². The van der Waals surface area contributed by atoms with Crippen molar-refractivity contribution in [2.75, 3.05) is 18.8 Å². The average molecular weight is 259 g/mol. The van der Waals surface area contributed by atoms with Crippen LogP contribution < -0.4 is 5.32 Å². The molecule has 16 heavy (non-hydrogen) atoms. The van der Waals surface area contributed by atoms with Crippen LogP contribution in [0.1, 0.15) is 18.4 Å². The summed E-state index contributed by atoms with van der Waals surface area (Å²) in [5.41, 5.74) is 1.33. The zero-order valence-corrected chi connectivity index (χ0v) is 10.8. The minimum atomic E-state index is -2.78. The number of nitrogens with one attached hydrogen (secondary N) is 1. The van der Waals surface area contributed by atoms with Gasteiger partial charge in [0.25, 0.3) is 0 Å². The van der Waals surface area contributed by atoms with E-state index in [2.05, 4.69) is 22.1 Å². The normalized spacial score (nSPS) is 23.6. The second-order valence-electron chi connectivity index (χ2n) is 4.22. The molecular formula is C11H17NO2S2. The quantitative estimate of drug-likeness (QED) is 0.814. The van der Waals surface area contributed by atoms with Crippen molar-refractivity contribution in [1.29, 1.82) is 0 Å². The number of rotatable bonds is 5. The molecule has 5 heteroatoms. The molecule has 0 radical (unpaired) electrons. The summed E-state index contributed by atoms with van der Waals surface area (Å²) in [5, 5.41) is 7.30. The van der Waals surface area contributed by atoms with E-state index in [0.29, 0.717) is 12.3 Å². The fraction of sp³-hybridized carbons (Fsp3) is 0.636. The number of thiophene rings is 1. The van der Waals surface area contributed by atoms with E-state index in [1.165, 1.54) is 5.56 Å². The Bertz CT molecular complexity index is 411. The predicted molar refractivity (Wildman–Crippen MR) is 67.7 cm³/mol. The largest absolute Gasteiger partial charge is 0.315 e. The third kappa shape index (κ3) is 3.06. The fourth-order valence-corrected chi connectivity index (χ4v) is 4.52. The molecule has 2 rings (SSSR count). The van der Waals surface area contributed by atoms with Crippen molar-refractivity contribution in [3.63, 3.8) is 0 Å². The first kappa shape index (κ1) is 12.1. The molecule has 0 bridgehead atoms. The van der Waals surface area contributed by atoms with Gasteiger partial charge in [-0.3, -0.25) is 0 Å². The highest BCUT2D eigenvalue weighted by Gasteiger charge is 2.30. The van der Waals surface area contributed by atoms with E-state index in [0.717, 1.165) is 25.8 Å². The van der Waals surface area contributed by atoms with Gasteiger partial charge in [-0.25, -0.2) is 8.42 Å². The van der Waals surface area contributed by atoms with E-state index in [4.69, 9.17) is 0 Å². The molecule has 0 aromatic carbocycles. The Morgan fingerprint density at radius 3 is 3.00 bits per heavy atom. The maximum absolute atomic E-state index is 11.5. The highest BCUT2D eigenvalue weighted by atomic mass is 32.2. The maximum atomic E-state index is 11.5. The zero-order valence-electron chi connectivity index (χ0n) is 9.19. The molecule has 1 fully saturated rings. The molecule has 90 valence electrons. The van der Waals surface area contributed by atoms with Crippen LogP contribution in [0.3, 0.4) is 0 Å². The second kappa shape index (κ2) is 5.29. The summed E-state index contributed by atoms with van der Waals surface area (Å²) in [6, 6.07) is 2.11. The standard InChI is InChI=1S/C11H17NO2S2/c13-16(14)7-1-2-11(16)8-12-5-3-10-4-6-15-9-10/h4,6,9,11-12H,1-3,5,7-8H2. The van der Waals surface area contributed by atoms with Crippen LogP contribution in [0.25, 0.3) is 0 Å². The molecule has 1 aromatic heterocycles. The molecule has 1 aliphatic rings. The molecule has 0 spiro atoms. The summed E-state index contributed by atoms with van der Waals surface area (Å²) < 4.78 is 23.1. The van der Waals surface area contributed by atoms with E-state index >= 15 is 0 Å². The lowest BCUT2D eigenvalue weighted by molar-refractivity contribution is 0.574. The van der Waals surface area contributed by atoms with Crippen molar-refractivity contribution in [3.05, 3.63) is 22.4 Å². The topological polar surface area (TPSA) is 46.2 Å². The second-order valence-corrected chi connectivity index (χ2v) is 7.40. The SMILES string of the molecule is O=S1(=O)CCCC1CNCCc1ccsc1. The summed E-state index contributed by atoms with van der Waals surface area (Å²) in [6.07, 6.45) is 2.64. The molecule has 0 saturated carbocycles. The van der Waals surface area contributed by atoms with Gasteiger partial charge < -0.3 is 5.32 Å². The maximum Gasteiger partial charge on any atom is 0.154 e. The van der Waals surface area contributed by atoms with E-state index in [1.54, 1.807) is 11.3 Å². The number of hydrogen-bond donors (Lipinski definition) is 1. The monoisotopic (exact) mass is 259 g/mol. The van der Waals surface area contributed by atoms with Gasteiger partial charge >= 0.3 is 0 Å². The molecule has 0 aliphatic carbocycles. The Kier molecular flexibility index (Phi) is 4.00. The van der Waals surface area contributed by atoms with Gasteiger partial charge in [0.05, 0.1) is 11.0 Å². The summed E-state index contributed by atoms with van der Waals surface area (Å²) >= 11 is 1.70. The first-order valence-corrected chi connectivity index (χ1v) is 8.28. The summed E-state index contributed by atoms with van der Waals surface area (Å²) in [7, 11) is -2.78. The predicted octanol–water partition coefficient (Wildman–Crippen LogP) is 1.46. The third-order valence-electron chi connectivity index (χ3n) is 3.01. The van der Waals surface area contributed by atoms with Crippen molar-refractivity contribution < 1.29 is 8.42 Å². The smallest absolute Gasteiger partial charge is 0.154 e. The van der Waals surface area contributed by atoms with Crippen molar-refractivity contribution in [3.8, 4) is 0 Å². The summed E-state index contributed by atoms with van der Waals surface area (Å²) in [4.78, 5) is 0. The molecular weight excluding hydrogens is 242 g/mol. The molecule has 0 amide bonds. The highest BCUT2D eigenvalue weighted by molar-refractivity contribution is 7.92. The van der Waals surface area contributed by atoms with Crippen LogP contribution in [0.2, 0.25) is 0 Å². The van der Waals surface area contributed by atoms with Crippen LogP contribution in [0.5, 0.6) is 0 Å². The number of sulfone groups is 1. The third-order valence-corrected chi connectivity index (χ3v) is 6.01. The lowest BCUT2D eigenvalue weighted by Crippen LogP contribution is -2.31. The van der Waals surface area contributed by atoms with Crippen molar-refractivity contribution in [2.24, 2.45) is 0 Å². The first-order valence-electron chi connectivity index (χ1n) is 5.62. The van der Waals surface area contributed by atoms with Crippen molar-refractivity contribution >= 4 is 21.2 Å². The van der Waals surface area contributed by atoms with Crippen LogP contribution in [0.15, 0.2) is 16.8 Å². The van der Waals surface area contributed by atoms with Crippen molar-refractivity contribution in [2.45, 2.75) is 24.5 Å². The minimum absolute atomic E-state index is 0.144. The summed E-state index contributed by atoms with van der Waals surface area (Å²) in [6.45, 7) is 1.48. The minimum Gasteiger partial charge on any atom is -0.315 e. The Hall–Kier alpha value is -0.390. The molecule has 1 aliphatic heterocycles. The van der Waals surface area contributed by atoms with Crippen LogP contribution in [-0.4, -0.2) is 32.5 Å². The van der Waals surface area contributed by atoms with Crippen LogP contribution >= 0.6 is 11.3 Å². The zero-order chi connectivity index (χ0) is 11.4. The molecule has 1 unspecified atom stereocenters. The highest BCUT2D eigenvalue weighted by Crippen LogP contribution is 2.18. The number of hydrogen-bond acceptors (Lipinski definition) is 4. The first-order chi connectivity index (χ1) is 7.68. The van der Waals surface area contributed by atoms with Gasteiger partial charge in [0.15, 0.2) is 9.84 Å². The van der Waals surface area contributed by atoms with Crippen LogP contribution in [0, 0.1) is 0 Å². The fourth-order valence-electron chi connectivity index (χ4n) is 2.02. The van der Waals surface area contributed by atoms with Gasteiger partial charge in [-0.2, -0.15) is 11.3 Å². The molecule has 2 heterocycles. The van der Waals surface area contributed by atoms with Crippen LogP contribution in [0.4, 0.5) is 0 Å². The van der Waals surface area contributed by atoms with Gasteiger partial charge in [0.1, 0.15) is 0 Å². The average Bonchev–Trinajstić information content (AvgIpc) is 2.83. The van der Waals surface area contributed by atoms with Crippen LogP contribution in [-0.2, 0) is 16.3 Å². The molecule has 1 saturated heterocycles. The Balaban J connectivity index is 1.69. The molecule has 1 N–H and O–H groups in total. The Labute approximate surface area is 101 Å². The lowest BCUT2D eigenvalue weighted by atomic mass is 10.2. The van der Waals surface area contributed by atoms with Gasteiger partial charge in [0, 0.05) is 6.54 Å². The summed E-state index contributed by atoms with van der Waals surface area (Å²) in [5.74, 6) is 0.379. The molecule has 3 nitrogen and oxygen atoms in total. The van der Waals surface area contributed by atoms with Gasteiger partial charge in [-0.05, 0) is 48.2 Å². The molecule has 1 aromatic rings. The van der Waals surface area contributed by atoms with Gasteiger partial charge in [-0.15, -0.1) is 0 Å². The Morgan fingerprint density at radius 1 is 1.50 bits per heavy atom. The molecule has 1 atom stereocenters. The lowest BCUT2D eigenvalue weighted by Gasteiger charge is -2.10. The van der Waals surface area contributed by atoms with E-state index in [9.17, 15) is 8.42 Å².